The topological polar surface area (TPSA) is 75.0 Å². The summed E-state index contributed by atoms with van der Waals surface area (Å²) in [7, 11) is 0. The van der Waals surface area contributed by atoms with Crippen LogP contribution in [0.1, 0.15) is 10.5 Å². The van der Waals surface area contributed by atoms with Crippen LogP contribution in [0, 0.1) is 11.3 Å². The summed E-state index contributed by atoms with van der Waals surface area (Å²) in [4.78, 5) is 16.0. The van der Waals surface area contributed by atoms with Crippen LogP contribution in [0.2, 0.25) is 5.02 Å². The Labute approximate surface area is 120 Å². The molecule has 20 heavy (non-hydrogen) atoms. The van der Waals surface area contributed by atoms with Gasteiger partial charge >= 0.3 is 0 Å². The Morgan fingerprint density at radius 2 is 2.20 bits per heavy atom. The van der Waals surface area contributed by atoms with Crippen molar-refractivity contribution >= 4 is 23.2 Å². The maximum Gasteiger partial charge on any atom is 0.274 e. The molecule has 0 aliphatic heterocycles. The van der Waals surface area contributed by atoms with Gasteiger partial charge in [0.15, 0.2) is 6.61 Å². The van der Waals surface area contributed by atoms with Crippen LogP contribution in [0.15, 0.2) is 42.6 Å². The highest BCUT2D eigenvalue weighted by molar-refractivity contribution is 6.30. The summed E-state index contributed by atoms with van der Waals surface area (Å²) in [6.45, 7) is -0.0949. The number of benzene rings is 1. The van der Waals surface area contributed by atoms with Gasteiger partial charge < -0.3 is 10.1 Å². The molecular formula is C14H10ClN3O2. The molecule has 1 heterocycles. The van der Waals surface area contributed by atoms with Gasteiger partial charge in [0, 0.05) is 11.2 Å². The first-order chi connectivity index (χ1) is 9.70. The van der Waals surface area contributed by atoms with E-state index in [2.05, 4.69) is 10.3 Å². The first kappa shape index (κ1) is 13.8. The highest BCUT2D eigenvalue weighted by Gasteiger charge is 2.11. The number of pyridine rings is 1. The predicted octanol–water partition coefficient (Wildman–Crippen LogP) is 2.89. The van der Waals surface area contributed by atoms with E-state index < -0.39 is 5.91 Å². The number of carbonyl (C=O) groups excluding carboxylic acids is 1. The summed E-state index contributed by atoms with van der Waals surface area (Å²) in [6, 6.07) is 11.8. The van der Waals surface area contributed by atoms with Gasteiger partial charge in [0.1, 0.15) is 17.5 Å². The SMILES string of the molecule is N#CCOc1ccccc1NC(=O)c1cc(Cl)ccn1. The lowest BCUT2D eigenvalue weighted by Gasteiger charge is -2.10. The number of anilines is 1. The molecule has 0 aliphatic carbocycles. The number of rotatable bonds is 4. The van der Waals surface area contributed by atoms with Crippen molar-refractivity contribution in [1.29, 1.82) is 5.26 Å². The van der Waals surface area contributed by atoms with Crippen molar-refractivity contribution in [2.45, 2.75) is 0 Å². The zero-order valence-corrected chi connectivity index (χ0v) is 11.1. The largest absolute Gasteiger partial charge is 0.477 e. The standard InChI is InChI=1S/C14H10ClN3O2/c15-10-5-7-17-12(9-10)14(19)18-11-3-1-2-4-13(11)20-8-6-16/h1-5,7,9H,8H2,(H,18,19). The smallest absolute Gasteiger partial charge is 0.274 e. The molecule has 0 radical (unpaired) electrons. The number of nitrogens with zero attached hydrogens (tertiary/aromatic N) is 2. The van der Waals surface area contributed by atoms with Gasteiger partial charge in [-0.05, 0) is 24.3 Å². The number of para-hydroxylation sites is 2. The van der Waals surface area contributed by atoms with Crippen molar-refractivity contribution in [1.82, 2.24) is 4.98 Å². The Morgan fingerprint density at radius 3 is 2.95 bits per heavy atom. The number of hydrogen-bond acceptors (Lipinski definition) is 4. The molecule has 1 aromatic carbocycles. The molecule has 1 amide bonds. The first-order valence-corrected chi connectivity index (χ1v) is 6.10. The van der Waals surface area contributed by atoms with E-state index in [1.807, 2.05) is 6.07 Å². The van der Waals surface area contributed by atoms with Crippen LogP contribution in [0.4, 0.5) is 5.69 Å². The third-order valence-electron chi connectivity index (χ3n) is 2.38. The number of carbonyl (C=O) groups is 1. The van der Waals surface area contributed by atoms with Crippen LogP contribution in [0.3, 0.4) is 0 Å². The van der Waals surface area contributed by atoms with Crippen molar-refractivity contribution in [3.8, 4) is 11.8 Å². The molecule has 0 saturated carbocycles. The van der Waals surface area contributed by atoms with Crippen LogP contribution in [0.5, 0.6) is 5.75 Å². The average molecular weight is 288 g/mol. The second-order valence-corrected chi connectivity index (χ2v) is 4.19. The van der Waals surface area contributed by atoms with Crippen LogP contribution in [-0.4, -0.2) is 17.5 Å². The van der Waals surface area contributed by atoms with Crippen molar-refractivity contribution in [2.24, 2.45) is 0 Å². The van der Waals surface area contributed by atoms with Crippen LogP contribution in [0.25, 0.3) is 0 Å². The molecule has 2 aromatic rings. The van der Waals surface area contributed by atoms with Gasteiger partial charge in [0.2, 0.25) is 0 Å². The van der Waals surface area contributed by atoms with Gasteiger partial charge in [0.25, 0.3) is 5.91 Å². The molecule has 0 aliphatic rings. The Kier molecular flexibility index (Phi) is 4.53. The van der Waals surface area contributed by atoms with Crippen LogP contribution >= 0.6 is 11.6 Å². The number of halogens is 1. The molecule has 0 unspecified atom stereocenters. The van der Waals surface area contributed by atoms with Gasteiger partial charge in [0.05, 0.1) is 5.69 Å². The molecule has 1 aromatic heterocycles. The van der Waals surface area contributed by atoms with Crippen molar-refractivity contribution in [2.75, 3.05) is 11.9 Å². The lowest BCUT2D eigenvalue weighted by Crippen LogP contribution is -2.14. The third kappa shape index (κ3) is 3.46. The van der Waals surface area contributed by atoms with E-state index in [4.69, 9.17) is 21.6 Å². The zero-order chi connectivity index (χ0) is 14.4. The van der Waals surface area contributed by atoms with Gasteiger partial charge in [-0.25, -0.2) is 0 Å². The summed E-state index contributed by atoms with van der Waals surface area (Å²) in [5.74, 6) is 0.0185. The second kappa shape index (κ2) is 6.55. The number of hydrogen-bond donors (Lipinski definition) is 1. The number of amides is 1. The minimum absolute atomic E-state index is 0.0949. The van der Waals surface area contributed by atoms with E-state index in [1.165, 1.54) is 12.3 Å². The summed E-state index contributed by atoms with van der Waals surface area (Å²) < 4.78 is 5.22. The summed E-state index contributed by atoms with van der Waals surface area (Å²) in [6.07, 6.45) is 1.45. The van der Waals surface area contributed by atoms with E-state index in [0.29, 0.717) is 16.5 Å². The minimum Gasteiger partial charge on any atom is -0.477 e. The van der Waals surface area contributed by atoms with E-state index in [9.17, 15) is 4.79 Å². The van der Waals surface area contributed by atoms with E-state index in [-0.39, 0.29) is 12.3 Å². The number of ether oxygens (including phenoxy) is 1. The Hall–Kier alpha value is -2.58. The molecule has 2 rings (SSSR count). The van der Waals surface area contributed by atoms with Crippen molar-refractivity contribution < 1.29 is 9.53 Å². The maximum atomic E-state index is 12.0. The van der Waals surface area contributed by atoms with E-state index in [0.717, 1.165) is 0 Å². The van der Waals surface area contributed by atoms with Gasteiger partial charge in [-0.3, -0.25) is 9.78 Å². The average Bonchev–Trinajstić information content (AvgIpc) is 2.46. The molecule has 100 valence electrons. The quantitative estimate of drug-likeness (QED) is 0.938. The fourth-order valence-corrected chi connectivity index (χ4v) is 1.68. The number of nitrogens with one attached hydrogen (secondary N) is 1. The number of aromatic nitrogens is 1. The predicted molar refractivity (Wildman–Crippen MR) is 74.8 cm³/mol. The summed E-state index contributed by atoms with van der Waals surface area (Å²) in [5.41, 5.74) is 0.669. The molecule has 0 spiro atoms. The van der Waals surface area contributed by atoms with Gasteiger partial charge in [-0.1, -0.05) is 23.7 Å². The molecule has 0 bridgehead atoms. The molecule has 0 atom stereocenters. The lowest BCUT2D eigenvalue weighted by atomic mass is 10.2. The minimum atomic E-state index is -0.402. The Bertz CT molecular complexity index is 667. The number of nitriles is 1. The normalized spacial score (nSPS) is 9.60. The monoisotopic (exact) mass is 287 g/mol. The molecule has 5 nitrogen and oxygen atoms in total. The molecule has 1 N–H and O–H groups in total. The van der Waals surface area contributed by atoms with E-state index in [1.54, 1.807) is 30.3 Å². The van der Waals surface area contributed by atoms with E-state index >= 15 is 0 Å². The highest BCUT2D eigenvalue weighted by atomic mass is 35.5. The van der Waals surface area contributed by atoms with Crippen LogP contribution < -0.4 is 10.1 Å². The molecule has 6 heteroatoms. The Balaban J connectivity index is 2.18. The fourth-order valence-electron chi connectivity index (χ4n) is 1.52. The summed E-state index contributed by atoms with van der Waals surface area (Å²) in [5, 5.41) is 11.6. The maximum absolute atomic E-state index is 12.0. The van der Waals surface area contributed by atoms with Crippen LogP contribution in [-0.2, 0) is 0 Å². The molecule has 0 saturated heterocycles. The van der Waals surface area contributed by atoms with Gasteiger partial charge in [-0.2, -0.15) is 5.26 Å². The van der Waals surface area contributed by atoms with Gasteiger partial charge in [-0.15, -0.1) is 0 Å². The molecular weight excluding hydrogens is 278 g/mol. The van der Waals surface area contributed by atoms with Crippen molar-refractivity contribution in [3.05, 3.63) is 53.3 Å². The fraction of sp³-hybridized carbons (Fsp3) is 0.0714. The zero-order valence-electron chi connectivity index (χ0n) is 10.3. The second-order valence-electron chi connectivity index (χ2n) is 3.76. The highest BCUT2D eigenvalue weighted by Crippen LogP contribution is 2.24. The first-order valence-electron chi connectivity index (χ1n) is 5.72. The molecule has 0 fully saturated rings. The third-order valence-corrected chi connectivity index (χ3v) is 2.62. The summed E-state index contributed by atoms with van der Waals surface area (Å²) >= 11 is 5.81. The Morgan fingerprint density at radius 1 is 1.40 bits per heavy atom. The lowest BCUT2D eigenvalue weighted by molar-refractivity contribution is 0.102. The van der Waals surface area contributed by atoms with Crippen molar-refractivity contribution in [3.63, 3.8) is 0 Å².